The Hall–Kier alpha value is -5.36. The van der Waals surface area contributed by atoms with E-state index in [-0.39, 0.29) is 23.4 Å². The zero-order chi connectivity index (χ0) is 30.3. The number of thiazole rings is 1. The number of ether oxygens (including phenoxy) is 1. The van der Waals surface area contributed by atoms with Crippen LogP contribution in [-0.4, -0.2) is 41.5 Å². The largest absolute Gasteiger partial charge is 0.508 e. The Morgan fingerprint density at radius 3 is 2.53 bits per heavy atom. The number of phenols is 1. The van der Waals surface area contributed by atoms with Crippen molar-refractivity contribution in [3.8, 4) is 28.4 Å². The molecule has 43 heavy (non-hydrogen) atoms. The third-order valence-electron chi connectivity index (χ3n) is 6.74. The molecule has 0 spiro atoms. The van der Waals surface area contributed by atoms with Crippen molar-refractivity contribution in [1.82, 2.24) is 24.6 Å². The molecule has 3 aromatic carbocycles. The number of fused-ring (bicyclic) bond motifs is 3. The van der Waals surface area contributed by atoms with Crippen LogP contribution in [0.5, 0.6) is 17.2 Å². The highest BCUT2D eigenvalue weighted by Crippen LogP contribution is 2.34. The molecule has 6 rings (SSSR count). The maximum absolute atomic E-state index is 12.9. The third-order valence-corrected chi connectivity index (χ3v) is 7.76. The normalized spacial score (nSPS) is 11.6. The number of aromatic hydroxyl groups is 1. The van der Waals surface area contributed by atoms with Crippen molar-refractivity contribution in [1.29, 1.82) is 0 Å². The van der Waals surface area contributed by atoms with Crippen LogP contribution in [0, 0.1) is 0 Å². The summed E-state index contributed by atoms with van der Waals surface area (Å²) in [5.41, 5.74) is 6.60. The molecule has 12 heteroatoms. The van der Waals surface area contributed by atoms with Crippen molar-refractivity contribution in [3.63, 3.8) is 0 Å². The highest BCUT2D eigenvalue weighted by atomic mass is 32.1. The number of para-hydroxylation sites is 1. The summed E-state index contributed by atoms with van der Waals surface area (Å²) < 4.78 is 8.84. The summed E-state index contributed by atoms with van der Waals surface area (Å²) in [6, 6.07) is 19.4. The van der Waals surface area contributed by atoms with Gasteiger partial charge in [0.15, 0.2) is 10.7 Å². The van der Waals surface area contributed by atoms with Crippen LogP contribution in [-0.2, 0) is 12.0 Å². The monoisotopic (exact) mass is 596 g/mol. The Labute approximate surface area is 250 Å². The molecule has 6 aromatic rings. The van der Waals surface area contributed by atoms with E-state index in [1.54, 1.807) is 22.7 Å². The molecule has 0 atom stereocenters. The van der Waals surface area contributed by atoms with Crippen LogP contribution in [0.15, 0.2) is 79.1 Å². The Balaban J connectivity index is 1.15. The zero-order valence-electron chi connectivity index (χ0n) is 23.5. The van der Waals surface area contributed by atoms with Gasteiger partial charge in [-0.1, -0.05) is 62.4 Å². The van der Waals surface area contributed by atoms with Crippen LogP contribution in [0.4, 0.5) is 4.79 Å². The average molecular weight is 597 g/mol. The van der Waals surface area contributed by atoms with Crippen LogP contribution in [0.1, 0.15) is 42.5 Å². The fraction of sp³-hybridized carbons (Fsp3) is 0.161. The summed E-state index contributed by atoms with van der Waals surface area (Å²) in [6.45, 7) is 6.34. The van der Waals surface area contributed by atoms with Gasteiger partial charge in [-0.3, -0.25) is 4.40 Å². The van der Waals surface area contributed by atoms with Gasteiger partial charge in [-0.15, -0.1) is 0 Å². The number of nitrogens with zero attached hydrogens (tertiary/aromatic N) is 4. The molecular weight excluding hydrogens is 568 g/mol. The third kappa shape index (κ3) is 5.72. The quantitative estimate of drug-likeness (QED) is 0.168. The Morgan fingerprint density at radius 2 is 1.79 bits per heavy atom. The number of nitrogens with one attached hydrogen (secondary N) is 2. The number of carbonyl (C=O) groups excluding carboxylic acids is 1. The van der Waals surface area contributed by atoms with E-state index in [2.05, 4.69) is 20.8 Å². The van der Waals surface area contributed by atoms with Crippen LogP contribution in [0.25, 0.3) is 26.3 Å². The van der Waals surface area contributed by atoms with Crippen LogP contribution in [0.2, 0.25) is 0 Å². The first kappa shape index (κ1) is 27.8. The van der Waals surface area contributed by atoms with E-state index in [4.69, 9.17) is 4.74 Å². The van der Waals surface area contributed by atoms with E-state index in [1.165, 1.54) is 22.3 Å². The highest BCUT2D eigenvalue weighted by molar-refractivity contribution is 7.23. The molecule has 2 amide bonds. The number of phenolic OH excluding ortho intramolecular Hbond substituents is 1. The second-order valence-electron chi connectivity index (χ2n) is 11.0. The Kier molecular flexibility index (Phi) is 6.98. The van der Waals surface area contributed by atoms with Gasteiger partial charge in [0, 0.05) is 35.3 Å². The number of benzene rings is 3. The number of hydrogen-bond acceptors (Lipinski definition) is 7. The van der Waals surface area contributed by atoms with Gasteiger partial charge in [-0.2, -0.15) is 9.89 Å². The number of urea groups is 1. The number of aromatic nitrogens is 4. The summed E-state index contributed by atoms with van der Waals surface area (Å²) in [5.74, 6) is 0.288. The number of carboxylic acids is 1. The summed E-state index contributed by atoms with van der Waals surface area (Å²) in [4.78, 5) is 30.3. The highest BCUT2D eigenvalue weighted by Gasteiger charge is 2.24. The number of carboxylic acid groups (broad SMARTS) is 1. The molecule has 3 aromatic heterocycles. The number of aromatic carboxylic acids is 1. The number of imidazole rings is 1. The molecule has 0 radical (unpaired) electrons. The van der Waals surface area contributed by atoms with E-state index < -0.39 is 12.0 Å². The summed E-state index contributed by atoms with van der Waals surface area (Å²) in [6.07, 6.45) is 3.26. The summed E-state index contributed by atoms with van der Waals surface area (Å²) in [7, 11) is 0. The lowest BCUT2D eigenvalue weighted by molar-refractivity contribution is 0.0691. The second-order valence-corrected chi connectivity index (χ2v) is 12.0. The minimum absolute atomic E-state index is 0.000998. The number of hydrogen-bond donors (Lipinski definition) is 4. The van der Waals surface area contributed by atoms with Gasteiger partial charge < -0.3 is 20.3 Å². The van der Waals surface area contributed by atoms with Crippen molar-refractivity contribution in [2.45, 2.75) is 32.7 Å². The molecule has 0 aliphatic rings. The van der Waals surface area contributed by atoms with E-state index in [0.717, 1.165) is 32.6 Å². The summed E-state index contributed by atoms with van der Waals surface area (Å²) in [5, 5.41) is 26.4. The molecule has 0 unspecified atom stereocenters. The van der Waals surface area contributed by atoms with Gasteiger partial charge in [-0.05, 0) is 35.9 Å². The molecule has 3 heterocycles. The van der Waals surface area contributed by atoms with Crippen molar-refractivity contribution in [2.75, 3.05) is 5.43 Å². The predicted octanol–water partition coefficient (Wildman–Crippen LogP) is 6.36. The van der Waals surface area contributed by atoms with Gasteiger partial charge in [0.05, 0.1) is 22.1 Å². The Bertz CT molecular complexity index is 1980. The number of amides is 2. The topological polar surface area (TPSA) is 143 Å². The molecule has 0 saturated heterocycles. The minimum atomic E-state index is -1.07. The van der Waals surface area contributed by atoms with Crippen LogP contribution >= 0.6 is 11.3 Å². The smallest absolute Gasteiger partial charge is 0.356 e. The maximum atomic E-state index is 12.9. The SMILES string of the molecule is CC(C)(C)c1nn(NC(=O)NCc2ccccc2Oc2ccc3c(c2)sc2nc(C(=O)O)cn23)cc1-c1ccc(O)cc1. The van der Waals surface area contributed by atoms with Crippen molar-refractivity contribution in [2.24, 2.45) is 0 Å². The lowest BCUT2D eigenvalue weighted by atomic mass is 9.87. The van der Waals surface area contributed by atoms with Gasteiger partial charge in [0.25, 0.3) is 0 Å². The first-order valence-corrected chi connectivity index (χ1v) is 14.2. The molecule has 0 bridgehead atoms. The lowest BCUT2D eigenvalue weighted by Gasteiger charge is -2.17. The molecule has 218 valence electrons. The fourth-order valence-corrected chi connectivity index (χ4v) is 5.72. The van der Waals surface area contributed by atoms with Crippen LogP contribution < -0.4 is 15.5 Å². The van der Waals surface area contributed by atoms with E-state index in [0.29, 0.717) is 16.5 Å². The van der Waals surface area contributed by atoms with Crippen molar-refractivity contribution >= 4 is 38.5 Å². The van der Waals surface area contributed by atoms with E-state index >= 15 is 0 Å². The standard InChI is InChI=1S/C31H28N6O5S/c1-31(2,3)27-22(18-8-10-20(38)11-9-18)16-37(34-27)35-29(41)32-15-19-6-4-5-7-25(19)42-21-12-13-24-26(14-21)43-30-33-23(28(39)40)17-36(24)30/h4-14,16-17,38H,15H2,1-3H3,(H,39,40)(H2,32,35,41). The van der Waals surface area contributed by atoms with Crippen molar-refractivity contribution in [3.05, 3.63) is 96.1 Å². The first-order chi connectivity index (χ1) is 20.5. The molecule has 0 saturated carbocycles. The first-order valence-electron chi connectivity index (χ1n) is 13.4. The molecule has 0 aliphatic heterocycles. The van der Waals surface area contributed by atoms with Crippen LogP contribution in [0.3, 0.4) is 0 Å². The lowest BCUT2D eigenvalue weighted by Crippen LogP contribution is -2.34. The van der Waals surface area contributed by atoms with Gasteiger partial charge in [-0.25, -0.2) is 20.0 Å². The van der Waals surface area contributed by atoms with Crippen molar-refractivity contribution < 1.29 is 24.5 Å². The molecule has 0 fully saturated rings. The molecule has 11 nitrogen and oxygen atoms in total. The van der Waals surface area contributed by atoms with E-state index in [9.17, 15) is 19.8 Å². The summed E-state index contributed by atoms with van der Waals surface area (Å²) >= 11 is 1.37. The Morgan fingerprint density at radius 1 is 1.02 bits per heavy atom. The van der Waals surface area contributed by atoms with Gasteiger partial charge >= 0.3 is 12.0 Å². The maximum Gasteiger partial charge on any atom is 0.356 e. The zero-order valence-corrected chi connectivity index (χ0v) is 24.3. The minimum Gasteiger partial charge on any atom is -0.508 e. The van der Waals surface area contributed by atoms with Gasteiger partial charge in [0.2, 0.25) is 0 Å². The fourth-order valence-electron chi connectivity index (χ4n) is 4.68. The van der Waals surface area contributed by atoms with Gasteiger partial charge in [0.1, 0.15) is 17.2 Å². The predicted molar refractivity (Wildman–Crippen MR) is 164 cm³/mol. The van der Waals surface area contributed by atoms with E-state index in [1.807, 2.05) is 75.4 Å². The molecule has 4 N–H and O–H groups in total. The number of carbonyl (C=O) groups is 2. The average Bonchev–Trinajstić information content (AvgIpc) is 3.66. The second kappa shape index (κ2) is 10.8. The number of rotatable bonds is 7. The molecular formula is C31H28N6O5S. The molecule has 0 aliphatic carbocycles.